The van der Waals surface area contributed by atoms with E-state index in [4.69, 9.17) is 5.11 Å². The van der Waals surface area contributed by atoms with E-state index in [0.717, 1.165) is 0 Å². The van der Waals surface area contributed by atoms with Crippen molar-refractivity contribution in [3.05, 3.63) is 34.4 Å². The van der Waals surface area contributed by atoms with Gasteiger partial charge in [0.05, 0.1) is 23.5 Å². The van der Waals surface area contributed by atoms with Gasteiger partial charge in [-0.3, -0.25) is 10.1 Å². The van der Waals surface area contributed by atoms with E-state index in [0.29, 0.717) is 0 Å². The van der Waals surface area contributed by atoms with Gasteiger partial charge in [0.1, 0.15) is 5.69 Å². The summed E-state index contributed by atoms with van der Waals surface area (Å²) in [5, 5.41) is 32.2. The predicted octanol–water partition coefficient (Wildman–Crippen LogP) is -3.88. The number of hydrogen-bond acceptors (Lipinski definition) is 6. The Kier molecular flexibility index (Phi) is 7.51. The summed E-state index contributed by atoms with van der Waals surface area (Å²) in [7, 11) is 0. The average Bonchev–Trinajstić information content (AvgIpc) is 2.25. The maximum atomic E-state index is 10.6. The number of hydrogen-bond donors (Lipinski definition) is 2. The summed E-state index contributed by atoms with van der Waals surface area (Å²) in [5.41, 5.74) is -0.238. The number of benzene rings is 1. The predicted molar refractivity (Wildman–Crippen MR) is 52.6 cm³/mol. The van der Waals surface area contributed by atoms with Crippen molar-refractivity contribution in [3.63, 3.8) is 0 Å². The molecule has 0 amide bonds. The van der Waals surface area contributed by atoms with E-state index in [1.165, 1.54) is 24.3 Å². The van der Waals surface area contributed by atoms with E-state index in [-0.39, 0.29) is 62.8 Å². The van der Waals surface area contributed by atoms with Crippen LogP contribution in [0.4, 0.5) is 11.4 Å². The summed E-state index contributed by atoms with van der Waals surface area (Å²) in [6, 6.07) is 4.17. The van der Waals surface area contributed by atoms with Gasteiger partial charge in [0.25, 0.3) is 5.69 Å². The molecule has 1 aromatic carbocycles. The summed E-state index contributed by atoms with van der Waals surface area (Å²) in [4.78, 5) is 20.5. The van der Waals surface area contributed by atoms with Crippen LogP contribution in [-0.4, -0.2) is 28.6 Å². The summed E-state index contributed by atoms with van der Waals surface area (Å²) >= 11 is 0. The Morgan fingerprint density at radius 3 is 2.53 bits per heavy atom. The third-order valence-corrected chi connectivity index (χ3v) is 1.90. The molecule has 0 saturated heterocycles. The van der Waals surface area contributed by atoms with E-state index < -0.39 is 23.5 Å². The van der Waals surface area contributed by atoms with Gasteiger partial charge >= 0.3 is 51.4 Å². The van der Waals surface area contributed by atoms with Crippen molar-refractivity contribution in [3.8, 4) is 0 Å². The van der Waals surface area contributed by atoms with Crippen LogP contribution in [0, 0.1) is 10.1 Å². The van der Waals surface area contributed by atoms with Crippen molar-refractivity contribution in [2.75, 3.05) is 11.9 Å². The Morgan fingerprint density at radius 1 is 1.47 bits per heavy atom. The number of carbonyl (C=O) groups excluding carboxylic acids is 1. The molecule has 1 rings (SSSR count). The first kappa shape index (κ1) is 16.5. The minimum Gasteiger partial charge on any atom is -0.548 e. The maximum absolute atomic E-state index is 10.6. The van der Waals surface area contributed by atoms with Gasteiger partial charge in [-0.05, 0) is 6.07 Å². The number of aliphatic hydroxyl groups is 1. The zero-order chi connectivity index (χ0) is 12.1. The molecule has 1 atom stereocenters. The number of aliphatic hydroxyl groups excluding tert-OH is 1. The molecule has 17 heavy (non-hydrogen) atoms. The van der Waals surface area contributed by atoms with Crippen LogP contribution in [0.5, 0.6) is 0 Å². The smallest absolute Gasteiger partial charge is 0.548 e. The number of para-hydroxylation sites is 2. The molecule has 1 aromatic rings. The number of carbonyl (C=O) groups is 1. The van der Waals surface area contributed by atoms with Gasteiger partial charge in [0.15, 0.2) is 0 Å². The first-order valence-corrected chi connectivity index (χ1v) is 4.38. The molecule has 2 N–H and O–H groups in total. The minimum absolute atomic E-state index is 0. The Hall–Kier alpha value is -0.514. The van der Waals surface area contributed by atoms with Crippen molar-refractivity contribution in [2.24, 2.45) is 0 Å². The van der Waals surface area contributed by atoms with Crippen LogP contribution in [0.25, 0.3) is 0 Å². The third kappa shape index (κ3) is 4.70. The fourth-order valence-electron chi connectivity index (χ4n) is 1.12. The summed E-state index contributed by atoms with van der Waals surface area (Å²) in [5.74, 6) is -1.53. The van der Waals surface area contributed by atoms with Gasteiger partial charge in [-0.15, -0.1) is 0 Å². The van der Waals surface area contributed by atoms with Crippen molar-refractivity contribution in [1.29, 1.82) is 0 Å². The van der Waals surface area contributed by atoms with Crippen LogP contribution in [0.2, 0.25) is 0 Å². The number of rotatable bonds is 5. The molecule has 0 bridgehead atoms. The zero-order valence-electron chi connectivity index (χ0n) is 9.12. The fourth-order valence-corrected chi connectivity index (χ4v) is 1.12. The third-order valence-electron chi connectivity index (χ3n) is 1.90. The number of nitrogens with one attached hydrogen (secondary N) is 1. The molecular weight excluding hydrogens is 255 g/mol. The first-order valence-electron chi connectivity index (χ1n) is 4.38. The molecule has 0 saturated carbocycles. The van der Waals surface area contributed by atoms with Crippen molar-refractivity contribution < 1.29 is 71.3 Å². The van der Waals surface area contributed by atoms with E-state index in [9.17, 15) is 20.0 Å². The molecule has 0 fully saturated rings. The number of nitro benzene ring substituents is 1. The molecule has 0 radical (unpaired) electrons. The standard InChI is InChI=1S/C9H10N2O5.K/c12-5-7(9(13)14)10-6-3-1-2-4-8(6)11(15)16;/h1-4,7,10,12H,5H2,(H,13,14);/q;+1/p-1. The van der Waals surface area contributed by atoms with Gasteiger partial charge in [0.2, 0.25) is 0 Å². The van der Waals surface area contributed by atoms with E-state index in [2.05, 4.69) is 5.32 Å². The molecule has 0 aliphatic carbocycles. The molecule has 0 spiro atoms. The topological polar surface area (TPSA) is 116 Å². The minimum atomic E-state index is -1.53. The van der Waals surface area contributed by atoms with Crippen LogP contribution in [0.1, 0.15) is 0 Å². The Morgan fingerprint density at radius 2 is 2.06 bits per heavy atom. The van der Waals surface area contributed by atoms with Gasteiger partial charge in [-0.2, -0.15) is 0 Å². The van der Waals surface area contributed by atoms with Crippen molar-refractivity contribution in [1.82, 2.24) is 0 Å². The van der Waals surface area contributed by atoms with Gasteiger partial charge < -0.3 is 20.3 Å². The van der Waals surface area contributed by atoms with E-state index in [1.807, 2.05) is 0 Å². The van der Waals surface area contributed by atoms with Crippen LogP contribution in [-0.2, 0) is 4.79 Å². The number of carboxylic acid groups (broad SMARTS) is 1. The average molecular weight is 264 g/mol. The Bertz CT molecular complexity index is 412. The van der Waals surface area contributed by atoms with E-state index in [1.54, 1.807) is 0 Å². The second kappa shape index (κ2) is 7.74. The molecule has 8 heteroatoms. The largest absolute Gasteiger partial charge is 1.00 e. The molecule has 0 aliphatic heterocycles. The molecular formula is C9H9KN2O5. The molecule has 1 unspecified atom stereocenters. The van der Waals surface area contributed by atoms with Gasteiger partial charge in [0, 0.05) is 6.07 Å². The summed E-state index contributed by atoms with van der Waals surface area (Å²) in [6.07, 6.45) is 0. The van der Waals surface area contributed by atoms with Gasteiger partial charge in [-0.25, -0.2) is 0 Å². The van der Waals surface area contributed by atoms with Gasteiger partial charge in [-0.1, -0.05) is 12.1 Å². The molecule has 86 valence electrons. The van der Waals surface area contributed by atoms with Crippen molar-refractivity contribution in [2.45, 2.75) is 6.04 Å². The second-order valence-electron chi connectivity index (χ2n) is 2.97. The number of nitro groups is 1. The van der Waals surface area contributed by atoms with Crippen LogP contribution in [0.15, 0.2) is 24.3 Å². The number of nitrogens with zero attached hydrogens (tertiary/aromatic N) is 1. The molecule has 0 heterocycles. The number of aliphatic carboxylic acids is 1. The quantitative estimate of drug-likeness (QED) is 0.319. The Labute approximate surface area is 139 Å². The summed E-state index contributed by atoms with van der Waals surface area (Å²) in [6.45, 7) is -0.714. The monoisotopic (exact) mass is 264 g/mol. The fraction of sp³-hybridized carbons (Fsp3) is 0.222. The number of anilines is 1. The van der Waals surface area contributed by atoms with Crippen molar-refractivity contribution >= 4 is 17.3 Å². The maximum Gasteiger partial charge on any atom is 1.00 e. The summed E-state index contributed by atoms with van der Waals surface area (Å²) < 4.78 is 0. The molecule has 7 nitrogen and oxygen atoms in total. The molecule has 0 aliphatic rings. The van der Waals surface area contributed by atoms with Crippen LogP contribution >= 0.6 is 0 Å². The normalized spacial score (nSPS) is 11.1. The Balaban J connectivity index is 0.00000256. The zero-order valence-corrected chi connectivity index (χ0v) is 12.2. The second-order valence-corrected chi connectivity index (χ2v) is 2.97. The van der Waals surface area contributed by atoms with Crippen LogP contribution in [0.3, 0.4) is 0 Å². The molecule has 0 aromatic heterocycles. The SMILES string of the molecule is O=C([O-])C(CO)Nc1ccccc1[N+](=O)[O-].[K+]. The first-order chi connectivity index (χ1) is 7.56. The number of carboxylic acids is 1. The van der Waals surface area contributed by atoms with E-state index >= 15 is 0 Å². The van der Waals surface area contributed by atoms with Crippen LogP contribution < -0.4 is 61.8 Å².